The first-order chi connectivity index (χ1) is 7.42. The first kappa shape index (κ1) is 16.5. The minimum absolute atomic E-state index is 0. The lowest BCUT2D eigenvalue weighted by molar-refractivity contribution is -0.125. The third kappa shape index (κ3) is 5.56. The average Bonchev–Trinajstić information content (AvgIpc) is 2.67. The number of nitrogens with two attached hydrogens (primary N) is 2. The molecule has 0 radical (unpaired) electrons. The minimum atomic E-state index is -0.637. The van der Waals surface area contributed by atoms with Crippen molar-refractivity contribution in [1.82, 2.24) is 5.32 Å². The van der Waals surface area contributed by atoms with Gasteiger partial charge in [0.1, 0.15) is 0 Å². The third-order valence-electron chi connectivity index (χ3n) is 3.02. The topological polar surface area (TPSA) is 93.5 Å². The van der Waals surface area contributed by atoms with Crippen LogP contribution in [0.4, 0.5) is 0 Å². The van der Waals surface area contributed by atoms with Crippen LogP contribution >= 0.6 is 24.0 Å². The molecule has 0 spiro atoms. The van der Waals surface area contributed by atoms with Crippen molar-refractivity contribution >= 4 is 35.8 Å². The number of carbonyl (C=O) groups is 1. The van der Waals surface area contributed by atoms with E-state index in [4.69, 9.17) is 11.5 Å². The number of halogens is 1. The fourth-order valence-corrected chi connectivity index (χ4v) is 1.69. The van der Waals surface area contributed by atoms with Gasteiger partial charge in [-0.3, -0.25) is 9.79 Å². The monoisotopic (exact) mass is 354 g/mol. The zero-order valence-electron chi connectivity index (χ0n) is 10.5. The molecule has 0 atom stereocenters. The van der Waals surface area contributed by atoms with E-state index in [1.807, 2.05) is 0 Å². The van der Waals surface area contributed by atoms with Crippen molar-refractivity contribution in [3.05, 3.63) is 0 Å². The standard InChI is InChI=1S/C11H22N4O.HI/c1-11(2,9(12)16)7-14-10(13)15-8-5-3-4-6-8;/h8H,3-7H2,1-2H3,(H2,12,16)(H3,13,14,15);1H. The lowest BCUT2D eigenvalue weighted by Gasteiger charge is -2.18. The van der Waals surface area contributed by atoms with Crippen LogP contribution in [0, 0.1) is 5.41 Å². The lowest BCUT2D eigenvalue weighted by Crippen LogP contribution is -2.40. The van der Waals surface area contributed by atoms with E-state index < -0.39 is 5.41 Å². The second-order valence-electron chi connectivity index (χ2n) is 5.08. The lowest BCUT2D eigenvalue weighted by atomic mass is 9.93. The van der Waals surface area contributed by atoms with Gasteiger partial charge in [-0.05, 0) is 26.7 Å². The molecule has 1 amide bonds. The summed E-state index contributed by atoms with van der Waals surface area (Å²) in [5, 5.41) is 3.17. The van der Waals surface area contributed by atoms with E-state index in [0.717, 1.165) is 12.8 Å². The highest BCUT2D eigenvalue weighted by Crippen LogP contribution is 2.17. The summed E-state index contributed by atoms with van der Waals surface area (Å²) in [5.41, 5.74) is 10.4. The Balaban J connectivity index is 0.00000256. The van der Waals surface area contributed by atoms with Crippen LogP contribution in [0.3, 0.4) is 0 Å². The van der Waals surface area contributed by atoms with Gasteiger partial charge >= 0.3 is 0 Å². The summed E-state index contributed by atoms with van der Waals surface area (Å²) in [5.74, 6) is 0.0612. The number of aliphatic imine (C=N–C) groups is 1. The Kier molecular flexibility index (Phi) is 6.81. The number of nitrogens with zero attached hydrogens (tertiary/aromatic N) is 1. The predicted octanol–water partition coefficient (Wildman–Crippen LogP) is 0.963. The van der Waals surface area contributed by atoms with Gasteiger partial charge in [-0.1, -0.05) is 12.8 Å². The van der Waals surface area contributed by atoms with Crippen LogP contribution in [0.5, 0.6) is 0 Å². The number of hydrogen-bond donors (Lipinski definition) is 3. The fraction of sp³-hybridized carbons (Fsp3) is 0.818. The number of amides is 1. The summed E-state index contributed by atoms with van der Waals surface area (Å²) in [6, 6.07) is 0.445. The molecule has 0 aromatic rings. The molecule has 1 rings (SSSR count). The summed E-state index contributed by atoms with van der Waals surface area (Å²) in [6.45, 7) is 3.86. The number of guanidine groups is 1. The largest absolute Gasteiger partial charge is 0.370 e. The predicted molar refractivity (Wildman–Crippen MR) is 80.3 cm³/mol. The summed E-state index contributed by atoms with van der Waals surface area (Å²) >= 11 is 0. The van der Waals surface area contributed by atoms with E-state index >= 15 is 0 Å². The smallest absolute Gasteiger partial charge is 0.224 e. The van der Waals surface area contributed by atoms with Gasteiger partial charge in [0, 0.05) is 6.04 Å². The van der Waals surface area contributed by atoms with Crippen molar-refractivity contribution in [3.8, 4) is 0 Å². The van der Waals surface area contributed by atoms with E-state index in [2.05, 4.69) is 10.3 Å². The van der Waals surface area contributed by atoms with E-state index in [1.54, 1.807) is 13.8 Å². The molecule has 5 N–H and O–H groups in total. The molecule has 0 saturated heterocycles. The zero-order valence-corrected chi connectivity index (χ0v) is 12.9. The number of rotatable bonds is 4. The van der Waals surface area contributed by atoms with Crippen LogP contribution < -0.4 is 16.8 Å². The molecular weight excluding hydrogens is 331 g/mol. The molecule has 1 saturated carbocycles. The maximum atomic E-state index is 11.1. The van der Waals surface area contributed by atoms with Gasteiger partial charge in [-0.2, -0.15) is 0 Å². The number of nitrogens with one attached hydrogen (secondary N) is 1. The van der Waals surface area contributed by atoms with Crippen molar-refractivity contribution < 1.29 is 4.79 Å². The van der Waals surface area contributed by atoms with Gasteiger partial charge in [0.15, 0.2) is 5.96 Å². The van der Waals surface area contributed by atoms with Crippen LogP contribution in [-0.4, -0.2) is 24.5 Å². The number of carbonyl (C=O) groups excluding carboxylic acids is 1. The van der Waals surface area contributed by atoms with Crippen molar-refractivity contribution in [2.45, 2.75) is 45.6 Å². The molecule has 0 heterocycles. The van der Waals surface area contributed by atoms with Crippen molar-refractivity contribution in [3.63, 3.8) is 0 Å². The first-order valence-corrected chi connectivity index (χ1v) is 5.78. The van der Waals surface area contributed by atoms with Gasteiger partial charge < -0.3 is 16.8 Å². The van der Waals surface area contributed by atoms with E-state index in [-0.39, 0.29) is 29.9 Å². The highest BCUT2D eigenvalue weighted by molar-refractivity contribution is 14.0. The van der Waals surface area contributed by atoms with E-state index in [1.165, 1.54) is 12.8 Å². The SMILES string of the molecule is CC(C)(CN=C(N)NC1CCCC1)C(N)=O.I. The molecule has 0 aliphatic heterocycles. The number of hydrogen-bond acceptors (Lipinski definition) is 2. The van der Waals surface area contributed by atoms with Gasteiger partial charge in [-0.15, -0.1) is 24.0 Å². The quantitative estimate of drug-likeness (QED) is 0.399. The molecule has 0 aromatic carbocycles. The van der Waals surface area contributed by atoms with Gasteiger partial charge in [0.25, 0.3) is 0 Å². The summed E-state index contributed by atoms with van der Waals surface area (Å²) in [4.78, 5) is 15.2. The Bertz CT molecular complexity index is 285. The Morgan fingerprint density at radius 1 is 1.35 bits per heavy atom. The number of primary amides is 1. The molecule has 0 unspecified atom stereocenters. The van der Waals surface area contributed by atoms with Gasteiger partial charge in [-0.25, -0.2) is 0 Å². The van der Waals surface area contributed by atoms with Crippen LogP contribution in [0.15, 0.2) is 4.99 Å². The molecule has 0 bridgehead atoms. The van der Waals surface area contributed by atoms with Gasteiger partial charge in [0.05, 0.1) is 12.0 Å². The maximum absolute atomic E-state index is 11.1. The molecule has 6 heteroatoms. The normalized spacial score (nSPS) is 17.6. The molecule has 17 heavy (non-hydrogen) atoms. The Hall–Kier alpha value is -0.530. The molecule has 1 aliphatic carbocycles. The van der Waals surface area contributed by atoms with Crippen LogP contribution in [0.1, 0.15) is 39.5 Å². The average molecular weight is 354 g/mol. The van der Waals surface area contributed by atoms with Crippen LogP contribution in [0.2, 0.25) is 0 Å². The Labute approximate surface area is 120 Å². The summed E-state index contributed by atoms with van der Waals surface area (Å²) < 4.78 is 0. The molecule has 1 aliphatic rings. The fourth-order valence-electron chi connectivity index (χ4n) is 1.69. The van der Waals surface area contributed by atoms with Crippen LogP contribution in [-0.2, 0) is 4.79 Å². The van der Waals surface area contributed by atoms with Crippen LogP contribution in [0.25, 0.3) is 0 Å². The summed E-state index contributed by atoms with van der Waals surface area (Å²) in [6.07, 6.45) is 4.79. The van der Waals surface area contributed by atoms with E-state index in [9.17, 15) is 4.79 Å². The molecule has 0 aromatic heterocycles. The Morgan fingerprint density at radius 2 is 1.88 bits per heavy atom. The van der Waals surface area contributed by atoms with Crippen molar-refractivity contribution in [2.75, 3.05) is 6.54 Å². The van der Waals surface area contributed by atoms with E-state index in [0.29, 0.717) is 18.5 Å². The highest BCUT2D eigenvalue weighted by Gasteiger charge is 2.24. The van der Waals surface area contributed by atoms with Gasteiger partial charge in [0.2, 0.25) is 5.91 Å². The first-order valence-electron chi connectivity index (χ1n) is 5.78. The molecule has 5 nitrogen and oxygen atoms in total. The second-order valence-corrected chi connectivity index (χ2v) is 5.08. The zero-order chi connectivity index (χ0) is 12.2. The minimum Gasteiger partial charge on any atom is -0.370 e. The second kappa shape index (κ2) is 7.03. The molecular formula is C11H23IN4O. The summed E-state index contributed by atoms with van der Waals surface area (Å²) in [7, 11) is 0. The molecule has 100 valence electrons. The van der Waals surface area contributed by atoms with Crippen molar-refractivity contribution in [2.24, 2.45) is 21.9 Å². The highest BCUT2D eigenvalue weighted by atomic mass is 127. The maximum Gasteiger partial charge on any atom is 0.224 e. The van der Waals surface area contributed by atoms with Crippen molar-refractivity contribution in [1.29, 1.82) is 0 Å². The molecule has 1 fully saturated rings. The third-order valence-corrected chi connectivity index (χ3v) is 3.02. The Morgan fingerprint density at radius 3 is 2.35 bits per heavy atom.